The van der Waals surface area contributed by atoms with Gasteiger partial charge in [0.2, 0.25) is 0 Å². The third kappa shape index (κ3) is 5.65. The highest BCUT2D eigenvalue weighted by Crippen LogP contribution is 2.35. The number of nitrogens with zero attached hydrogens (tertiary/aromatic N) is 2. The van der Waals surface area contributed by atoms with Crippen molar-refractivity contribution in [1.82, 2.24) is 9.97 Å². The van der Waals surface area contributed by atoms with E-state index >= 15 is 0 Å². The Kier molecular flexibility index (Phi) is 8.17. The van der Waals surface area contributed by atoms with E-state index < -0.39 is 0 Å². The summed E-state index contributed by atoms with van der Waals surface area (Å²) in [4.78, 5) is 10.7. The summed E-state index contributed by atoms with van der Waals surface area (Å²) in [5.74, 6) is 0. The van der Waals surface area contributed by atoms with Gasteiger partial charge in [-0.15, -0.1) is 0 Å². The molecular weight excluding hydrogens is 460 g/mol. The average Bonchev–Trinajstić information content (AvgIpc) is 2.92. The molecule has 5 rings (SSSR count). The molecule has 0 radical (unpaired) electrons. The van der Waals surface area contributed by atoms with Gasteiger partial charge in [-0.25, -0.2) is 9.97 Å². The molecule has 0 saturated carbocycles. The van der Waals surface area contributed by atoms with Crippen LogP contribution in [0, 0.1) is 0 Å². The molecule has 5 aromatic rings. The van der Waals surface area contributed by atoms with E-state index in [4.69, 9.17) is 9.97 Å². The van der Waals surface area contributed by atoms with Crippen LogP contribution < -0.4 is 0 Å². The number of benzene rings is 4. The SMILES string of the molecule is CCCc1cc(CCC)cc(-c2nc3cc4ccccc4cc3nc2-c2cc(CCC)cc(CCC)c2)c1. The van der Waals surface area contributed by atoms with Crippen molar-refractivity contribution in [2.45, 2.75) is 79.1 Å². The molecule has 0 atom stereocenters. The lowest BCUT2D eigenvalue weighted by atomic mass is 9.93. The van der Waals surface area contributed by atoms with Crippen LogP contribution >= 0.6 is 0 Å². The average molecular weight is 501 g/mol. The zero-order valence-electron chi connectivity index (χ0n) is 23.5. The molecule has 1 aromatic heterocycles. The molecule has 38 heavy (non-hydrogen) atoms. The Hall–Kier alpha value is -3.52. The lowest BCUT2D eigenvalue weighted by Crippen LogP contribution is -2.00. The fraction of sp³-hybridized carbons (Fsp3) is 0.333. The second kappa shape index (κ2) is 11.9. The van der Waals surface area contributed by atoms with Crippen LogP contribution in [0.25, 0.3) is 44.3 Å². The molecule has 0 bridgehead atoms. The van der Waals surface area contributed by atoms with Crippen molar-refractivity contribution in [1.29, 1.82) is 0 Å². The Balaban J connectivity index is 1.80. The molecule has 0 saturated heterocycles. The summed E-state index contributed by atoms with van der Waals surface area (Å²) in [5, 5.41) is 2.41. The molecule has 0 aliphatic carbocycles. The molecule has 2 heteroatoms. The Labute approximate surface area is 228 Å². The van der Waals surface area contributed by atoms with Crippen molar-refractivity contribution in [2.24, 2.45) is 0 Å². The van der Waals surface area contributed by atoms with Crippen LogP contribution in [0.3, 0.4) is 0 Å². The van der Waals surface area contributed by atoms with E-state index in [2.05, 4.69) is 100 Å². The number of fused-ring (bicyclic) bond motifs is 2. The Morgan fingerprint density at radius 3 is 1.11 bits per heavy atom. The van der Waals surface area contributed by atoms with Crippen LogP contribution in [0.2, 0.25) is 0 Å². The van der Waals surface area contributed by atoms with Gasteiger partial charge in [0.1, 0.15) is 0 Å². The van der Waals surface area contributed by atoms with Gasteiger partial charge in [-0.2, -0.15) is 0 Å². The lowest BCUT2D eigenvalue weighted by molar-refractivity contribution is 0.895. The quantitative estimate of drug-likeness (QED) is 0.178. The summed E-state index contributed by atoms with van der Waals surface area (Å²) in [7, 11) is 0. The second-order valence-corrected chi connectivity index (χ2v) is 10.7. The molecule has 2 nitrogen and oxygen atoms in total. The molecule has 1 heterocycles. The molecule has 0 N–H and O–H groups in total. The summed E-state index contributed by atoms with van der Waals surface area (Å²) in [6.45, 7) is 9.03. The van der Waals surface area contributed by atoms with Gasteiger partial charge in [0.25, 0.3) is 0 Å². The zero-order chi connectivity index (χ0) is 26.5. The van der Waals surface area contributed by atoms with E-state index in [0.717, 1.165) is 73.8 Å². The highest BCUT2D eigenvalue weighted by atomic mass is 14.8. The predicted molar refractivity (Wildman–Crippen MR) is 164 cm³/mol. The van der Waals surface area contributed by atoms with Gasteiger partial charge >= 0.3 is 0 Å². The molecule has 0 aliphatic heterocycles. The minimum atomic E-state index is 0.957. The smallest absolute Gasteiger partial charge is 0.0973 e. The highest BCUT2D eigenvalue weighted by molar-refractivity contribution is 5.97. The van der Waals surface area contributed by atoms with E-state index in [1.54, 1.807) is 0 Å². The first kappa shape index (κ1) is 26.1. The van der Waals surface area contributed by atoms with Crippen molar-refractivity contribution in [3.05, 3.63) is 95.1 Å². The van der Waals surface area contributed by atoms with Crippen LogP contribution in [0.15, 0.2) is 72.8 Å². The third-order valence-electron chi connectivity index (χ3n) is 7.34. The molecular formula is C36H40N2. The molecule has 194 valence electrons. The largest absolute Gasteiger partial charge is 0.244 e. The number of rotatable bonds is 10. The molecule has 0 amide bonds. The molecule has 0 spiro atoms. The van der Waals surface area contributed by atoms with Gasteiger partial charge in [0.05, 0.1) is 22.4 Å². The van der Waals surface area contributed by atoms with Gasteiger partial charge < -0.3 is 0 Å². The Bertz CT molecular complexity index is 1400. The fourth-order valence-electron chi connectivity index (χ4n) is 5.68. The predicted octanol–water partition coefficient (Wildman–Crippen LogP) is 9.93. The topological polar surface area (TPSA) is 25.8 Å². The number of aryl methyl sites for hydroxylation is 4. The first-order valence-electron chi connectivity index (χ1n) is 14.6. The maximum absolute atomic E-state index is 5.36. The van der Waals surface area contributed by atoms with Gasteiger partial charge in [-0.05, 0) is 95.1 Å². The molecule has 4 aromatic carbocycles. The maximum Gasteiger partial charge on any atom is 0.0973 e. The van der Waals surface area contributed by atoms with E-state index in [9.17, 15) is 0 Å². The van der Waals surface area contributed by atoms with Crippen LogP contribution in [-0.2, 0) is 25.7 Å². The number of hydrogen-bond acceptors (Lipinski definition) is 2. The first-order valence-corrected chi connectivity index (χ1v) is 14.6. The number of hydrogen-bond donors (Lipinski definition) is 0. The van der Waals surface area contributed by atoms with E-state index in [1.807, 2.05) is 0 Å². The zero-order valence-corrected chi connectivity index (χ0v) is 23.5. The van der Waals surface area contributed by atoms with Crippen LogP contribution in [0.5, 0.6) is 0 Å². The van der Waals surface area contributed by atoms with E-state index in [0.29, 0.717) is 0 Å². The Morgan fingerprint density at radius 2 is 0.789 bits per heavy atom. The van der Waals surface area contributed by atoms with Crippen LogP contribution in [0.1, 0.15) is 75.6 Å². The number of aromatic nitrogens is 2. The minimum absolute atomic E-state index is 0.957. The van der Waals surface area contributed by atoms with Crippen LogP contribution in [0.4, 0.5) is 0 Å². The molecule has 0 fully saturated rings. The van der Waals surface area contributed by atoms with Crippen molar-refractivity contribution in [3.63, 3.8) is 0 Å². The fourth-order valence-corrected chi connectivity index (χ4v) is 5.68. The first-order chi connectivity index (χ1) is 18.6. The van der Waals surface area contributed by atoms with Crippen LogP contribution in [-0.4, -0.2) is 9.97 Å². The van der Waals surface area contributed by atoms with Gasteiger partial charge in [-0.3, -0.25) is 0 Å². The maximum atomic E-state index is 5.36. The van der Waals surface area contributed by atoms with E-state index in [-0.39, 0.29) is 0 Å². The second-order valence-electron chi connectivity index (χ2n) is 10.7. The van der Waals surface area contributed by atoms with Gasteiger partial charge in [-0.1, -0.05) is 89.8 Å². The summed E-state index contributed by atoms with van der Waals surface area (Å²) in [6, 6.07) is 27.1. The Morgan fingerprint density at radius 1 is 0.447 bits per heavy atom. The van der Waals surface area contributed by atoms with Gasteiger partial charge in [0, 0.05) is 11.1 Å². The monoisotopic (exact) mass is 500 g/mol. The highest BCUT2D eigenvalue weighted by Gasteiger charge is 2.17. The lowest BCUT2D eigenvalue weighted by Gasteiger charge is -2.16. The van der Waals surface area contributed by atoms with Crippen molar-refractivity contribution >= 4 is 21.8 Å². The molecule has 0 aliphatic rings. The minimum Gasteiger partial charge on any atom is -0.244 e. The standard InChI is InChI=1S/C36H40N2/c1-5-11-25-17-26(12-6-2)20-31(19-25)35-36(32-21-27(13-7-3)18-28(22-32)14-8-4)38-34-24-30-16-10-9-15-29(30)23-33(34)37-35/h9-10,15-24H,5-8,11-14H2,1-4H3. The summed E-state index contributed by atoms with van der Waals surface area (Å²) in [6.07, 6.45) is 8.87. The summed E-state index contributed by atoms with van der Waals surface area (Å²) < 4.78 is 0. The summed E-state index contributed by atoms with van der Waals surface area (Å²) in [5.41, 5.74) is 11.9. The normalized spacial score (nSPS) is 11.5. The van der Waals surface area contributed by atoms with Crippen molar-refractivity contribution in [3.8, 4) is 22.5 Å². The third-order valence-corrected chi connectivity index (χ3v) is 7.34. The van der Waals surface area contributed by atoms with Crippen molar-refractivity contribution < 1.29 is 0 Å². The van der Waals surface area contributed by atoms with Gasteiger partial charge in [0.15, 0.2) is 0 Å². The molecule has 0 unspecified atom stereocenters. The van der Waals surface area contributed by atoms with Crippen molar-refractivity contribution in [2.75, 3.05) is 0 Å². The summed E-state index contributed by atoms with van der Waals surface area (Å²) >= 11 is 0. The van der Waals surface area contributed by atoms with E-state index in [1.165, 1.54) is 44.2 Å².